The highest BCUT2D eigenvalue weighted by Gasteiger charge is 2.57. The van der Waals surface area contributed by atoms with Crippen LogP contribution in [-0.2, 0) is 6.54 Å². The summed E-state index contributed by atoms with van der Waals surface area (Å²) < 4.78 is 67.4. The average Bonchev–Trinajstić information content (AvgIpc) is 3.17. The van der Waals surface area contributed by atoms with E-state index in [9.17, 15) is 26.7 Å². The molecule has 3 aromatic heterocycles. The number of alkyl halides is 5. The number of aromatic amines is 1. The van der Waals surface area contributed by atoms with Crippen LogP contribution in [0, 0.1) is 0 Å². The van der Waals surface area contributed by atoms with Gasteiger partial charge in [0, 0.05) is 12.0 Å². The number of fused-ring (bicyclic) bond motifs is 1. The number of likely N-dealkylation sites (tertiary alicyclic amines) is 1. The lowest BCUT2D eigenvalue weighted by atomic mass is 9.97. The highest BCUT2D eigenvalue weighted by atomic mass is 19.4. The molecule has 170 valence electrons. The van der Waals surface area contributed by atoms with Crippen LogP contribution in [-0.4, -0.2) is 59.8 Å². The van der Waals surface area contributed by atoms with Gasteiger partial charge in [-0.3, -0.25) is 10.1 Å². The summed E-state index contributed by atoms with van der Waals surface area (Å²) in [4.78, 5) is 22.1. The minimum atomic E-state index is -4.43. The van der Waals surface area contributed by atoms with Crippen LogP contribution in [0.3, 0.4) is 0 Å². The van der Waals surface area contributed by atoms with Gasteiger partial charge in [0.05, 0.1) is 42.2 Å². The first kappa shape index (κ1) is 20.6. The van der Waals surface area contributed by atoms with Crippen LogP contribution >= 0.6 is 0 Å². The normalized spacial score (nSPS) is 19.5. The Morgan fingerprint density at radius 2 is 1.91 bits per heavy atom. The molecule has 2 N–H and O–H groups in total. The van der Waals surface area contributed by atoms with E-state index in [0.29, 0.717) is 12.8 Å². The molecule has 0 unspecified atom stereocenters. The molecule has 0 aromatic carbocycles. The number of aromatic nitrogens is 5. The molecule has 0 radical (unpaired) electrons. The number of urea groups is 1. The van der Waals surface area contributed by atoms with Crippen LogP contribution in [0.15, 0.2) is 24.8 Å². The molecular formula is C19H18F5N7O. The molecule has 2 amide bonds. The van der Waals surface area contributed by atoms with E-state index in [1.165, 1.54) is 23.4 Å². The summed E-state index contributed by atoms with van der Waals surface area (Å²) in [6.45, 7) is -1.88. The van der Waals surface area contributed by atoms with Gasteiger partial charge in [-0.25, -0.2) is 18.6 Å². The molecule has 1 saturated heterocycles. The molecule has 1 aliphatic carbocycles. The average molecular weight is 455 g/mol. The summed E-state index contributed by atoms with van der Waals surface area (Å²) in [6.07, 6.45) is 0.606. The van der Waals surface area contributed by atoms with Gasteiger partial charge in [-0.05, 0) is 25.3 Å². The van der Waals surface area contributed by atoms with E-state index in [4.69, 9.17) is 0 Å². The Kier molecular flexibility index (Phi) is 4.43. The molecule has 1 aliphatic heterocycles. The van der Waals surface area contributed by atoms with Crippen molar-refractivity contribution < 1.29 is 26.7 Å². The summed E-state index contributed by atoms with van der Waals surface area (Å²) >= 11 is 0. The smallest absolute Gasteiger partial charge is 0.321 e. The lowest BCUT2D eigenvalue weighted by molar-refractivity contribution is -0.139. The molecule has 8 nitrogen and oxygen atoms in total. The zero-order chi connectivity index (χ0) is 22.7. The van der Waals surface area contributed by atoms with E-state index in [1.54, 1.807) is 0 Å². The number of hydrogen-bond acceptors (Lipinski definition) is 4. The van der Waals surface area contributed by atoms with Crippen LogP contribution in [0.4, 0.5) is 32.4 Å². The van der Waals surface area contributed by atoms with Crippen LogP contribution in [0.5, 0.6) is 0 Å². The van der Waals surface area contributed by atoms with Crippen molar-refractivity contribution in [2.75, 3.05) is 11.9 Å². The largest absolute Gasteiger partial charge is 0.406 e. The fraction of sp³-hybridized carbons (Fsp3) is 0.474. The van der Waals surface area contributed by atoms with Crippen molar-refractivity contribution in [3.63, 3.8) is 0 Å². The van der Waals surface area contributed by atoms with Gasteiger partial charge in [-0.2, -0.15) is 18.3 Å². The summed E-state index contributed by atoms with van der Waals surface area (Å²) in [5.41, 5.74) is 0.596. The quantitative estimate of drug-likeness (QED) is 0.580. The zero-order valence-electron chi connectivity index (χ0n) is 16.6. The molecule has 0 atom stereocenters. The van der Waals surface area contributed by atoms with Gasteiger partial charge in [0.25, 0.3) is 5.92 Å². The third kappa shape index (κ3) is 3.75. The van der Waals surface area contributed by atoms with Crippen LogP contribution in [0.1, 0.15) is 25.7 Å². The van der Waals surface area contributed by atoms with Crippen molar-refractivity contribution in [2.24, 2.45) is 0 Å². The van der Waals surface area contributed by atoms with Gasteiger partial charge in [0.2, 0.25) is 0 Å². The lowest BCUT2D eigenvalue weighted by Gasteiger charge is -2.40. The molecule has 2 fully saturated rings. The van der Waals surface area contributed by atoms with Crippen molar-refractivity contribution in [1.82, 2.24) is 29.6 Å². The first-order valence-corrected chi connectivity index (χ1v) is 9.93. The van der Waals surface area contributed by atoms with E-state index >= 15 is 0 Å². The summed E-state index contributed by atoms with van der Waals surface area (Å²) in [6, 6.07) is 0.724. The number of nitrogens with one attached hydrogen (secondary N) is 2. The molecule has 4 heterocycles. The molecule has 32 heavy (non-hydrogen) atoms. The fourth-order valence-corrected chi connectivity index (χ4v) is 4.16. The molecule has 1 saturated carbocycles. The van der Waals surface area contributed by atoms with E-state index < -0.39 is 36.8 Å². The number of hydrogen-bond donors (Lipinski definition) is 2. The first-order valence-electron chi connectivity index (χ1n) is 9.93. The fourth-order valence-electron chi connectivity index (χ4n) is 4.16. The number of carbonyl (C=O) groups is 1. The van der Waals surface area contributed by atoms with E-state index in [0.717, 1.165) is 10.9 Å². The van der Waals surface area contributed by atoms with Gasteiger partial charge in [0.15, 0.2) is 0 Å². The highest BCUT2D eigenvalue weighted by molar-refractivity contribution is 5.94. The molecule has 13 heteroatoms. The minimum absolute atomic E-state index is 0.188. The topological polar surface area (TPSA) is 91.7 Å². The molecule has 2 aliphatic rings. The Morgan fingerprint density at radius 1 is 1.16 bits per heavy atom. The SMILES string of the molecule is O=C(Nc1cn[nH]c1-c1cc2c(cn1)ncn2CC(F)(F)F)N1CC(F)(F)CCC12CC2. The summed E-state index contributed by atoms with van der Waals surface area (Å²) in [7, 11) is 0. The standard InChI is InChI=1S/C19H18F5N7O/c20-18(21)4-3-17(1-2-17)31(8-18)16(32)28-13-7-27-29-15(13)11-5-14-12(6-25-11)26-10-30(14)9-19(22,23)24/h5-7,10H,1-4,8-9H2,(H,27,29)(H,28,32). The zero-order valence-corrected chi connectivity index (χ0v) is 16.6. The number of rotatable bonds is 3. The molecular weight excluding hydrogens is 437 g/mol. The summed E-state index contributed by atoms with van der Waals surface area (Å²) in [5, 5.41) is 9.14. The number of pyridine rings is 1. The molecule has 3 aromatic rings. The number of nitrogens with zero attached hydrogens (tertiary/aromatic N) is 5. The third-order valence-corrected chi connectivity index (χ3v) is 5.98. The Hall–Kier alpha value is -3.25. The van der Waals surface area contributed by atoms with Crippen molar-refractivity contribution in [3.05, 3.63) is 24.8 Å². The van der Waals surface area contributed by atoms with Gasteiger partial charge in [0.1, 0.15) is 17.8 Å². The summed E-state index contributed by atoms with van der Waals surface area (Å²) in [5.74, 6) is -2.95. The second-order valence-electron chi connectivity index (χ2n) is 8.30. The van der Waals surface area contributed by atoms with E-state index in [2.05, 4.69) is 25.5 Å². The molecule has 5 rings (SSSR count). The monoisotopic (exact) mass is 455 g/mol. The number of piperidine rings is 1. The van der Waals surface area contributed by atoms with E-state index in [1.807, 2.05) is 0 Å². The van der Waals surface area contributed by atoms with Gasteiger partial charge in [-0.1, -0.05) is 0 Å². The van der Waals surface area contributed by atoms with Crippen molar-refractivity contribution in [2.45, 2.75) is 49.9 Å². The van der Waals surface area contributed by atoms with E-state index in [-0.39, 0.29) is 41.0 Å². The second-order valence-corrected chi connectivity index (χ2v) is 8.30. The minimum Gasteiger partial charge on any atom is -0.321 e. The number of imidazole rings is 1. The number of amides is 2. The van der Waals surface area contributed by atoms with Crippen LogP contribution in [0.25, 0.3) is 22.4 Å². The number of halogens is 5. The highest BCUT2D eigenvalue weighted by Crippen LogP contribution is 2.51. The number of anilines is 1. The second kappa shape index (κ2) is 6.87. The third-order valence-electron chi connectivity index (χ3n) is 5.98. The molecule has 0 bridgehead atoms. The number of carbonyl (C=O) groups excluding carboxylic acids is 1. The van der Waals surface area contributed by atoms with Crippen molar-refractivity contribution >= 4 is 22.8 Å². The number of H-pyrrole nitrogens is 1. The van der Waals surface area contributed by atoms with Gasteiger partial charge in [-0.15, -0.1) is 0 Å². The maximum absolute atomic E-state index is 13.9. The first-order chi connectivity index (χ1) is 15.1. The predicted octanol–water partition coefficient (Wildman–Crippen LogP) is 4.18. The maximum atomic E-state index is 13.9. The molecule has 1 spiro atoms. The van der Waals surface area contributed by atoms with Crippen LogP contribution < -0.4 is 5.32 Å². The Bertz CT molecular complexity index is 1180. The Labute approximate surface area is 177 Å². The van der Waals surface area contributed by atoms with Gasteiger partial charge < -0.3 is 14.8 Å². The maximum Gasteiger partial charge on any atom is 0.406 e. The Morgan fingerprint density at radius 3 is 2.62 bits per heavy atom. The van der Waals surface area contributed by atoms with Crippen LogP contribution in [0.2, 0.25) is 0 Å². The lowest BCUT2D eigenvalue weighted by Crippen LogP contribution is -2.54. The Balaban J connectivity index is 1.42. The van der Waals surface area contributed by atoms with Crippen molar-refractivity contribution in [1.29, 1.82) is 0 Å². The van der Waals surface area contributed by atoms with Crippen molar-refractivity contribution in [3.8, 4) is 11.4 Å². The predicted molar refractivity (Wildman–Crippen MR) is 103 cm³/mol. The van der Waals surface area contributed by atoms with Gasteiger partial charge >= 0.3 is 12.2 Å².